The Hall–Kier alpha value is -1.92. The first-order valence-electron chi connectivity index (χ1n) is 3.67. The van der Waals surface area contributed by atoms with Gasteiger partial charge in [-0.3, -0.25) is 14.9 Å². The van der Waals surface area contributed by atoms with E-state index in [1.807, 2.05) is 0 Å². The van der Waals surface area contributed by atoms with Crippen molar-refractivity contribution in [3.63, 3.8) is 0 Å². The fourth-order valence-electron chi connectivity index (χ4n) is 1.01. The molecule has 0 amide bonds. The molecule has 0 N–H and O–H groups in total. The number of hydrogen-bond donors (Lipinski definition) is 0. The van der Waals surface area contributed by atoms with Crippen LogP contribution in [0.3, 0.4) is 0 Å². The number of nitrogens with zero attached hydrogens (tertiary/aromatic N) is 1. The third kappa shape index (κ3) is 2.30. The number of alkyl halides is 3. The summed E-state index contributed by atoms with van der Waals surface area (Å²) in [6, 6.07) is 2.07. The Labute approximate surface area is 81.5 Å². The van der Waals surface area contributed by atoms with Crippen LogP contribution in [0.5, 0.6) is 0 Å². The first-order chi connectivity index (χ1) is 6.86. The first-order valence-corrected chi connectivity index (χ1v) is 3.67. The largest absolute Gasteiger partial charge is 0.423 e. The van der Waals surface area contributed by atoms with Crippen LogP contribution in [0.25, 0.3) is 0 Å². The molecular weight excluding hydrogens is 215 g/mol. The quantitative estimate of drug-likeness (QED) is 0.436. The molecular formula is C8H4F3NO3. The predicted molar refractivity (Wildman–Crippen MR) is 43.5 cm³/mol. The SMILES string of the molecule is O=Cc1ccc([N+](=O)[O-])c(C(F)(F)F)c1. The number of nitro benzene ring substituents is 1. The summed E-state index contributed by atoms with van der Waals surface area (Å²) >= 11 is 0. The van der Waals surface area contributed by atoms with E-state index in [0.717, 1.165) is 6.07 Å². The Kier molecular flexibility index (Phi) is 2.74. The number of rotatable bonds is 2. The van der Waals surface area contributed by atoms with Crippen LogP contribution in [-0.2, 0) is 6.18 Å². The van der Waals surface area contributed by atoms with Crippen molar-refractivity contribution in [1.82, 2.24) is 0 Å². The number of aldehydes is 1. The van der Waals surface area contributed by atoms with Crippen molar-refractivity contribution < 1.29 is 22.9 Å². The average molecular weight is 219 g/mol. The monoisotopic (exact) mass is 219 g/mol. The summed E-state index contributed by atoms with van der Waals surface area (Å²) in [5.74, 6) is 0. The maximum atomic E-state index is 12.3. The smallest absolute Gasteiger partial charge is 0.298 e. The molecule has 0 radical (unpaired) electrons. The molecule has 0 bridgehead atoms. The van der Waals surface area contributed by atoms with Gasteiger partial charge in [-0.05, 0) is 12.1 Å². The van der Waals surface area contributed by atoms with Crippen molar-refractivity contribution in [2.75, 3.05) is 0 Å². The van der Waals surface area contributed by atoms with E-state index >= 15 is 0 Å². The number of carbonyl (C=O) groups excluding carboxylic acids is 1. The Bertz CT molecular complexity index is 414. The molecule has 0 unspecified atom stereocenters. The Morgan fingerprint density at radius 3 is 2.33 bits per heavy atom. The number of benzene rings is 1. The van der Waals surface area contributed by atoms with E-state index in [0.29, 0.717) is 12.1 Å². The van der Waals surface area contributed by atoms with Crippen molar-refractivity contribution in [3.8, 4) is 0 Å². The molecule has 0 spiro atoms. The topological polar surface area (TPSA) is 60.2 Å². The van der Waals surface area contributed by atoms with Crippen molar-refractivity contribution in [2.45, 2.75) is 6.18 Å². The van der Waals surface area contributed by atoms with Crippen LogP contribution >= 0.6 is 0 Å². The van der Waals surface area contributed by atoms with E-state index in [1.54, 1.807) is 0 Å². The lowest BCUT2D eigenvalue weighted by Crippen LogP contribution is -2.09. The number of nitro groups is 1. The highest BCUT2D eigenvalue weighted by molar-refractivity contribution is 5.76. The third-order valence-corrected chi connectivity index (χ3v) is 1.66. The second kappa shape index (κ2) is 3.68. The molecule has 0 fully saturated rings. The lowest BCUT2D eigenvalue weighted by Gasteiger charge is -2.07. The van der Waals surface area contributed by atoms with Crippen molar-refractivity contribution in [3.05, 3.63) is 39.4 Å². The lowest BCUT2D eigenvalue weighted by atomic mass is 10.1. The normalized spacial score (nSPS) is 11.1. The van der Waals surface area contributed by atoms with Gasteiger partial charge in [-0.1, -0.05) is 0 Å². The molecule has 1 rings (SSSR count). The van der Waals surface area contributed by atoms with Gasteiger partial charge >= 0.3 is 6.18 Å². The summed E-state index contributed by atoms with van der Waals surface area (Å²) in [6.07, 6.45) is -4.65. The van der Waals surface area contributed by atoms with E-state index in [1.165, 1.54) is 0 Å². The maximum Gasteiger partial charge on any atom is 0.423 e. The summed E-state index contributed by atoms with van der Waals surface area (Å²) in [4.78, 5) is 19.4. The highest BCUT2D eigenvalue weighted by Crippen LogP contribution is 2.36. The molecule has 7 heteroatoms. The highest BCUT2D eigenvalue weighted by atomic mass is 19.4. The molecule has 1 aromatic carbocycles. The zero-order valence-electron chi connectivity index (χ0n) is 7.12. The fourth-order valence-corrected chi connectivity index (χ4v) is 1.01. The van der Waals surface area contributed by atoms with E-state index in [-0.39, 0.29) is 11.8 Å². The van der Waals surface area contributed by atoms with Crippen molar-refractivity contribution >= 4 is 12.0 Å². The second-order valence-corrected chi connectivity index (χ2v) is 2.65. The molecule has 80 valence electrons. The minimum atomic E-state index is -4.85. The van der Waals surface area contributed by atoms with Crippen molar-refractivity contribution in [2.24, 2.45) is 0 Å². The van der Waals surface area contributed by atoms with E-state index in [9.17, 15) is 28.1 Å². The summed E-state index contributed by atoms with van der Waals surface area (Å²) in [6.45, 7) is 0. The molecule has 0 saturated heterocycles. The van der Waals surface area contributed by atoms with Crippen LogP contribution in [-0.4, -0.2) is 11.2 Å². The zero-order chi connectivity index (χ0) is 11.6. The Morgan fingerprint density at radius 2 is 1.93 bits per heavy atom. The third-order valence-electron chi connectivity index (χ3n) is 1.66. The van der Waals surface area contributed by atoms with E-state index in [4.69, 9.17) is 0 Å². The van der Waals surface area contributed by atoms with Gasteiger partial charge in [0.25, 0.3) is 5.69 Å². The summed E-state index contributed by atoms with van der Waals surface area (Å²) < 4.78 is 36.9. The molecule has 0 saturated carbocycles. The van der Waals surface area contributed by atoms with Gasteiger partial charge in [-0.2, -0.15) is 13.2 Å². The molecule has 1 aromatic rings. The summed E-state index contributed by atoms with van der Waals surface area (Å²) in [5.41, 5.74) is -2.74. The zero-order valence-corrected chi connectivity index (χ0v) is 7.12. The van der Waals surface area contributed by atoms with E-state index in [2.05, 4.69) is 0 Å². The summed E-state index contributed by atoms with van der Waals surface area (Å²) in [5, 5.41) is 10.3. The fraction of sp³-hybridized carbons (Fsp3) is 0.125. The average Bonchev–Trinajstić information content (AvgIpc) is 2.15. The van der Waals surface area contributed by atoms with E-state index < -0.39 is 22.4 Å². The number of halogens is 3. The minimum absolute atomic E-state index is 0.193. The van der Waals surface area contributed by atoms with Gasteiger partial charge in [-0.25, -0.2) is 0 Å². The number of hydrogen-bond acceptors (Lipinski definition) is 3. The molecule has 0 aliphatic heterocycles. The van der Waals surface area contributed by atoms with Gasteiger partial charge in [0, 0.05) is 11.6 Å². The van der Waals surface area contributed by atoms with Gasteiger partial charge in [0.1, 0.15) is 11.8 Å². The lowest BCUT2D eigenvalue weighted by molar-refractivity contribution is -0.388. The molecule has 0 atom stereocenters. The number of carbonyl (C=O) groups is 1. The maximum absolute atomic E-state index is 12.3. The van der Waals surface area contributed by atoms with Crippen LogP contribution in [0.15, 0.2) is 18.2 Å². The molecule has 0 aliphatic carbocycles. The standard InChI is InChI=1S/C8H4F3NO3/c9-8(10,11)6-3-5(4-13)1-2-7(6)12(14)15/h1-4H. The predicted octanol–water partition coefficient (Wildman–Crippen LogP) is 2.43. The van der Waals surface area contributed by atoms with Crippen LogP contribution in [0.2, 0.25) is 0 Å². The summed E-state index contributed by atoms with van der Waals surface area (Å²) in [7, 11) is 0. The Balaban J connectivity index is 3.42. The van der Waals surface area contributed by atoms with Gasteiger partial charge < -0.3 is 0 Å². The van der Waals surface area contributed by atoms with Gasteiger partial charge in [-0.15, -0.1) is 0 Å². The van der Waals surface area contributed by atoms with Crippen LogP contribution in [0.4, 0.5) is 18.9 Å². The van der Waals surface area contributed by atoms with Gasteiger partial charge in [0.2, 0.25) is 0 Å². The van der Waals surface area contributed by atoms with Crippen LogP contribution in [0.1, 0.15) is 15.9 Å². The molecule has 15 heavy (non-hydrogen) atoms. The molecule has 0 aromatic heterocycles. The van der Waals surface area contributed by atoms with Crippen molar-refractivity contribution in [1.29, 1.82) is 0 Å². The van der Waals surface area contributed by atoms with Crippen LogP contribution < -0.4 is 0 Å². The van der Waals surface area contributed by atoms with Crippen LogP contribution in [0, 0.1) is 10.1 Å². The minimum Gasteiger partial charge on any atom is -0.298 e. The first kappa shape index (κ1) is 11.2. The second-order valence-electron chi connectivity index (χ2n) is 2.65. The Morgan fingerprint density at radius 1 is 1.33 bits per heavy atom. The molecule has 4 nitrogen and oxygen atoms in total. The highest BCUT2D eigenvalue weighted by Gasteiger charge is 2.38. The molecule has 0 aliphatic rings. The van der Waals surface area contributed by atoms with Gasteiger partial charge in [0.05, 0.1) is 4.92 Å². The molecule has 0 heterocycles. The van der Waals surface area contributed by atoms with Gasteiger partial charge in [0.15, 0.2) is 0 Å².